The van der Waals surface area contributed by atoms with E-state index in [9.17, 15) is 4.79 Å². The van der Waals surface area contributed by atoms with Gasteiger partial charge in [-0.05, 0) is 49.7 Å². The lowest BCUT2D eigenvalue weighted by molar-refractivity contribution is 0.0950. The lowest BCUT2D eigenvalue weighted by Gasteiger charge is -2.09. The second-order valence-corrected chi connectivity index (χ2v) is 5.98. The highest BCUT2D eigenvalue weighted by molar-refractivity contribution is 5.95. The van der Waals surface area contributed by atoms with Gasteiger partial charge in [-0.2, -0.15) is 0 Å². The minimum Gasteiger partial charge on any atom is -0.497 e. The van der Waals surface area contributed by atoms with Crippen LogP contribution < -0.4 is 10.1 Å². The summed E-state index contributed by atoms with van der Waals surface area (Å²) in [7, 11) is 1.63. The Labute approximate surface area is 147 Å². The van der Waals surface area contributed by atoms with Crippen LogP contribution in [-0.2, 0) is 13.1 Å². The molecule has 0 unspecified atom stereocenters. The summed E-state index contributed by atoms with van der Waals surface area (Å²) in [6.45, 7) is 5.05. The molecule has 1 N–H and O–H groups in total. The van der Waals surface area contributed by atoms with Gasteiger partial charge in [0, 0.05) is 17.9 Å². The Hall–Kier alpha value is -2.95. The molecule has 130 valence electrons. The second kappa shape index (κ2) is 7.30. The van der Waals surface area contributed by atoms with E-state index in [1.165, 1.54) is 0 Å². The summed E-state index contributed by atoms with van der Waals surface area (Å²) in [5.41, 5.74) is 3.68. The second-order valence-electron chi connectivity index (χ2n) is 5.98. The average Bonchev–Trinajstić information content (AvgIpc) is 3.24. The summed E-state index contributed by atoms with van der Waals surface area (Å²) in [6.07, 6.45) is 1.66. The fourth-order valence-electron chi connectivity index (χ4n) is 2.85. The first-order valence-corrected chi connectivity index (χ1v) is 8.18. The largest absolute Gasteiger partial charge is 0.497 e. The van der Waals surface area contributed by atoms with Crippen LogP contribution in [0.1, 0.15) is 33.1 Å². The number of nitrogens with one attached hydrogen (secondary N) is 1. The number of rotatable bonds is 6. The highest BCUT2D eigenvalue weighted by Gasteiger charge is 2.16. The summed E-state index contributed by atoms with van der Waals surface area (Å²) in [6, 6.07) is 13.4. The van der Waals surface area contributed by atoms with Crippen LogP contribution in [0.15, 0.2) is 53.1 Å². The van der Waals surface area contributed by atoms with E-state index in [1.807, 2.05) is 56.3 Å². The molecule has 0 fully saturated rings. The van der Waals surface area contributed by atoms with Gasteiger partial charge in [-0.15, -0.1) is 0 Å². The predicted molar refractivity (Wildman–Crippen MR) is 95.9 cm³/mol. The van der Waals surface area contributed by atoms with Gasteiger partial charge in [0.05, 0.1) is 25.5 Å². The molecule has 0 aliphatic carbocycles. The first kappa shape index (κ1) is 16.9. The normalized spacial score (nSPS) is 10.7. The maximum atomic E-state index is 12.6. The standard InChI is InChI=1S/C20H22N2O3/c1-14-11-19(15(2)22(14)13-18-5-4-10-25-18)20(23)21-12-16-6-8-17(24-3)9-7-16/h4-11H,12-13H2,1-3H3,(H,21,23). The third-order valence-corrected chi connectivity index (χ3v) is 4.32. The number of hydrogen-bond acceptors (Lipinski definition) is 3. The van der Waals surface area contributed by atoms with Gasteiger partial charge < -0.3 is 19.0 Å². The van der Waals surface area contributed by atoms with Crippen molar-refractivity contribution >= 4 is 5.91 Å². The van der Waals surface area contributed by atoms with Crippen molar-refractivity contribution in [3.8, 4) is 5.75 Å². The zero-order valence-corrected chi connectivity index (χ0v) is 14.7. The summed E-state index contributed by atoms with van der Waals surface area (Å²) in [4.78, 5) is 12.6. The molecule has 0 radical (unpaired) electrons. The SMILES string of the molecule is COc1ccc(CNC(=O)c2cc(C)n(Cc3ccco3)c2C)cc1. The van der Waals surface area contributed by atoms with Crippen molar-refractivity contribution in [2.75, 3.05) is 7.11 Å². The number of nitrogens with zero attached hydrogens (tertiary/aromatic N) is 1. The van der Waals surface area contributed by atoms with Gasteiger partial charge in [-0.25, -0.2) is 0 Å². The van der Waals surface area contributed by atoms with E-state index in [0.29, 0.717) is 18.7 Å². The number of benzene rings is 1. The molecule has 0 spiro atoms. The quantitative estimate of drug-likeness (QED) is 0.746. The molecule has 5 heteroatoms. The van der Waals surface area contributed by atoms with Gasteiger partial charge in [-0.1, -0.05) is 12.1 Å². The minimum atomic E-state index is -0.0744. The fourth-order valence-corrected chi connectivity index (χ4v) is 2.85. The third-order valence-electron chi connectivity index (χ3n) is 4.32. The Morgan fingerprint density at radius 2 is 1.96 bits per heavy atom. The number of amides is 1. The van der Waals surface area contributed by atoms with Crippen molar-refractivity contribution < 1.29 is 13.9 Å². The summed E-state index contributed by atoms with van der Waals surface area (Å²) >= 11 is 0. The topological polar surface area (TPSA) is 56.4 Å². The molecule has 0 atom stereocenters. The molecule has 3 rings (SSSR count). The van der Waals surface area contributed by atoms with Crippen molar-refractivity contribution in [3.63, 3.8) is 0 Å². The van der Waals surface area contributed by atoms with E-state index in [1.54, 1.807) is 13.4 Å². The molecule has 0 saturated heterocycles. The Kier molecular flexibility index (Phi) is 4.93. The molecule has 0 aliphatic rings. The fraction of sp³-hybridized carbons (Fsp3) is 0.250. The van der Waals surface area contributed by atoms with Crippen LogP contribution in [0.4, 0.5) is 0 Å². The summed E-state index contributed by atoms with van der Waals surface area (Å²) in [5.74, 6) is 1.60. The smallest absolute Gasteiger partial charge is 0.253 e. The Bertz CT molecular complexity index is 846. The molecule has 0 aliphatic heterocycles. The maximum Gasteiger partial charge on any atom is 0.253 e. The number of aromatic nitrogens is 1. The molecule has 1 aromatic carbocycles. The van der Waals surface area contributed by atoms with Crippen LogP contribution in [0.3, 0.4) is 0 Å². The molecule has 1 amide bonds. The molecule has 5 nitrogen and oxygen atoms in total. The number of furan rings is 1. The van der Waals surface area contributed by atoms with Gasteiger partial charge in [0.2, 0.25) is 0 Å². The molecular weight excluding hydrogens is 316 g/mol. The van der Waals surface area contributed by atoms with Gasteiger partial charge in [0.1, 0.15) is 11.5 Å². The van der Waals surface area contributed by atoms with E-state index in [2.05, 4.69) is 9.88 Å². The van der Waals surface area contributed by atoms with Crippen LogP contribution in [-0.4, -0.2) is 17.6 Å². The van der Waals surface area contributed by atoms with E-state index in [-0.39, 0.29) is 5.91 Å². The third kappa shape index (κ3) is 3.76. The number of methoxy groups -OCH3 is 1. The van der Waals surface area contributed by atoms with Crippen molar-refractivity contribution in [2.24, 2.45) is 0 Å². The van der Waals surface area contributed by atoms with Gasteiger partial charge in [0.15, 0.2) is 0 Å². The lowest BCUT2D eigenvalue weighted by Crippen LogP contribution is -2.23. The highest BCUT2D eigenvalue weighted by Crippen LogP contribution is 2.18. The van der Waals surface area contributed by atoms with E-state index >= 15 is 0 Å². The summed E-state index contributed by atoms with van der Waals surface area (Å²) in [5, 5.41) is 2.98. The van der Waals surface area contributed by atoms with Crippen molar-refractivity contribution in [2.45, 2.75) is 26.9 Å². The Morgan fingerprint density at radius 1 is 1.20 bits per heavy atom. The summed E-state index contributed by atoms with van der Waals surface area (Å²) < 4.78 is 12.6. The first-order valence-electron chi connectivity index (χ1n) is 8.18. The van der Waals surface area contributed by atoms with Crippen molar-refractivity contribution in [1.82, 2.24) is 9.88 Å². The van der Waals surface area contributed by atoms with Crippen molar-refractivity contribution in [1.29, 1.82) is 0 Å². The number of hydrogen-bond donors (Lipinski definition) is 1. The van der Waals surface area contributed by atoms with Crippen LogP contribution >= 0.6 is 0 Å². The molecule has 2 heterocycles. The monoisotopic (exact) mass is 338 g/mol. The molecule has 0 bridgehead atoms. The number of carbonyl (C=O) groups excluding carboxylic acids is 1. The van der Waals surface area contributed by atoms with E-state index in [0.717, 1.165) is 28.5 Å². The molecule has 25 heavy (non-hydrogen) atoms. The predicted octanol–water partition coefficient (Wildman–Crippen LogP) is 3.68. The lowest BCUT2D eigenvalue weighted by atomic mass is 10.2. The average molecular weight is 338 g/mol. The number of ether oxygens (including phenoxy) is 1. The molecule has 2 aromatic heterocycles. The zero-order valence-electron chi connectivity index (χ0n) is 14.7. The molecular formula is C20H22N2O3. The van der Waals surface area contributed by atoms with E-state index in [4.69, 9.17) is 9.15 Å². The molecule has 3 aromatic rings. The zero-order chi connectivity index (χ0) is 17.8. The highest BCUT2D eigenvalue weighted by atomic mass is 16.5. The Morgan fingerprint density at radius 3 is 2.60 bits per heavy atom. The van der Waals surface area contributed by atoms with Gasteiger partial charge in [-0.3, -0.25) is 4.79 Å². The number of carbonyl (C=O) groups is 1. The van der Waals surface area contributed by atoms with Crippen LogP contribution in [0.5, 0.6) is 5.75 Å². The van der Waals surface area contributed by atoms with Crippen molar-refractivity contribution in [3.05, 3.63) is 77.0 Å². The van der Waals surface area contributed by atoms with Crippen LogP contribution in [0.25, 0.3) is 0 Å². The van der Waals surface area contributed by atoms with Gasteiger partial charge in [0.25, 0.3) is 5.91 Å². The maximum absolute atomic E-state index is 12.6. The van der Waals surface area contributed by atoms with Crippen LogP contribution in [0.2, 0.25) is 0 Å². The first-order chi connectivity index (χ1) is 12.1. The molecule has 0 saturated carbocycles. The Balaban J connectivity index is 1.69. The minimum absolute atomic E-state index is 0.0744. The van der Waals surface area contributed by atoms with Crippen LogP contribution in [0, 0.1) is 13.8 Å². The number of aryl methyl sites for hydroxylation is 1. The van der Waals surface area contributed by atoms with Gasteiger partial charge >= 0.3 is 0 Å². The van der Waals surface area contributed by atoms with E-state index < -0.39 is 0 Å².